The Kier molecular flexibility index (Phi) is 5.13. The first kappa shape index (κ1) is 16.9. The van der Waals surface area contributed by atoms with E-state index in [4.69, 9.17) is 4.74 Å². The van der Waals surface area contributed by atoms with Crippen molar-refractivity contribution < 1.29 is 37.4 Å². The SMILES string of the molecule is Cc1cccc2c1n[c-]n2-c1cccc(Oc2ccccc2)c1.[Y]. The molecule has 0 bridgehead atoms. The molecule has 0 saturated carbocycles. The molecule has 0 atom stereocenters. The maximum atomic E-state index is 5.91. The van der Waals surface area contributed by atoms with Crippen LogP contribution in [0.5, 0.6) is 11.5 Å². The van der Waals surface area contributed by atoms with E-state index in [9.17, 15) is 0 Å². The van der Waals surface area contributed by atoms with E-state index in [2.05, 4.69) is 30.4 Å². The summed E-state index contributed by atoms with van der Waals surface area (Å²) in [5, 5.41) is 0. The smallest absolute Gasteiger partial charge is 0.127 e. The van der Waals surface area contributed by atoms with Crippen molar-refractivity contribution in [1.82, 2.24) is 9.55 Å². The zero-order valence-corrected chi connectivity index (χ0v) is 16.1. The van der Waals surface area contributed by atoms with Crippen LogP contribution in [0.15, 0.2) is 72.8 Å². The van der Waals surface area contributed by atoms with Crippen LogP contribution in [0.3, 0.4) is 0 Å². The molecule has 1 heterocycles. The first-order chi connectivity index (χ1) is 11.3. The summed E-state index contributed by atoms with van der Waals surface area (Å²) < 4.78 is 7.86. The molecule has 4 rings (SSSR count). The largest absolute Gasteiger partial charge is 0.458 e. The van der Waals surface area contributed by atoms with Gasteiger partial charge in [-0.15, -0.1) is 0 Å². The molecule has 0 spiro atoms. The zero-order valence-electron chi connectivity index (χ0n) is 13.3. The number of fused-ring (bicyclic) bond motifs is 1. The number of benzene rings is 3. The molecule has 1 radical (unpaired) electrons. The molecule has 0 N–H and O–H groups in total. The normalized spacial score (nSPS) is 10.4. The number of hydrogen-bond acceptors (Lipinski definition) is 2. The van der Waals surface area contributed by atoms with E-state index in [0.29, 0.717) is 0 Å². The van der Waals surface area contributed by atoms with E-state index < -0.39 is 0 Å². The molecule has 0 aliphatic heterocycles. The van der Waals surface area contributed by atoms with Crippen LogP contribution in [-0.2, 0) is 32.7 Å². The standard InChI is InChI=1S/C20H15N2O.Y/c1-15-7-5-12-19-20(15)21-14-22(19)16-8-6-11-18(13-16)23-17-9-3-2-4-10-17;/h2-13H,1H3;/q-1;. The minimum atomic E-state index is 0. The molecule has 4 aromatic rings. The minimum absolute atomic E-state index is 0. The second-order valence-corrected chi connectivity index (χ2v) is 5.40. The van der Waals surface area contributed by atoms with Gasteiger partial charge in [0.25, 0.3) is 0 Å². The summed E-state index contributed by atoms with van der Waals surface area (Å²) in [6, 6.07) is 23.8. The van der Waals surface area contributed by atoms with Gasteiger partial charge in [0.2, 0.25) is 0 Å². The molecule has 3 nitrogen and oxygen atoms in total. The number of para-hydroxylation sites is 2. The van der Waals surface area contributed by atoms with Crippen LogP contribution in [-0.4, -0.2) is 9.55 Å². The maximum absolute atomic E-state index is 5.91. The molecule has 0 unspecified atom stereocenters. The summed E-state index contributed by atoms with van der Waals surface area (Å²) in [7, 11) is 0. The second-order valence-electron chi connectivity index (χ2n) is 5.40. The maximum Gasteiger partial charge on any atom is 0.127 e. The Morgan fingerprint density at radius 2 is 1.62 bits per heavy atom. The van der Waals surface area contributed by atoms with Gasteiger partial charge in [0.05, 0.1) is 0 Å². The van der Waals surface area contributed by atoms with Crippen LogP contribution in [0.25, 0.3) is 16.7 Å². The van der Waals surface area contributed by atoms with Crippen LogP contribution in [0.4, 0.5) is 0 Å². The summed E-state index contributed by atoms with van der Waals surface area (Å²) in [5.41, 5.74) is 4.14. The molecule has 24 heavy (non-hydrogen) atoms. The van der Waals surface area contributed by atoms with Crippen molar-refractivity contribution in [3.63, 3.8) is 0 Å². The molecule has 115 valence electrons. The summed E-state index contributed by atoms with van der Waals surface area (Å²) in [6.45, 7) is 2.06. The van der Waals surface area contributed by atoms with Crippen molar-refractivity contribution in [1.29, 1.82) is 0 Å². The topological polar surface area (TPSA) is 27.1 Å². The van der Waals surface area contributed by atoms with E-state index in [1.165, 1.54) is 0 Å². The molecular weight excluding hydrogens is 373 g/mol. The van der Waals surface area contributed by atoms with Gasteiger partial charge >= 0.3 is 0 Å². The van der Waals surface area contributed by atoms with E-state index >= 15 is 0 Å². The van der Waals surface area contributed by atoms with Crippen LogP contribution in [0, 0.1) is 13.3 Å². The third-order valence-electron chi connectivity index (χ3n) is 3.77. The van der Waals surface area contributed by atoms with Crippen LogP contribution in [0.1, 0.15) is 5.56 Å². The second kappa shape index (κ2) is 7.29. The summed E-state index contributed by atoms with van der Waals surface area (Å²) >= 11 is 0. The van der Waals surface area contributed by atoms with Crippen LogP contribution < -0.4 is 4.74 Å². The monoisotopic (exact) mass is 388 g/mol. The van der Waals surface area contributed by atoms with Gasteiger partial charge in [0.15, 0.2) is 0 Å². The van der Waals surface area contributed by atoms with Gasteiger partial charge in [-0.3, -0.25) is 0 Å². The fourth-order valence-corrected chi connectivity index (χ4v) is 2.63. The van der Waals surface area contributed by atoms with E-state index in [1.807, 2.05) is 65.2 Å². The van der Waals surface area contributed by atoms with Crippen molar-refractivity contribution >= 4 is 11.0 Å². The number of imidazole rings is 1. The molecule has 0 fully saturated rings. The van der Waals surface area contributed by atoms with Crippen molar-refractivity contribution in [2.75, 3.05) is 0 Å². The van der Waals surface area contributed by atoms with Gasteiger partial charge < -0.3 is 14.3 Å². The van der Waals surface area contributed by atoms with Gasteiger partial charge in [0, 0.05) is 39.0 Å². The summed E-state index contributed by atoms with van der Waals surface area (Å²) in [6.07, 6.45) is 3.07. The molecule has 1 aromatic heterocycles. The summed E-state index contributed by atoms with van der Waals surface area (Å²) in [4.78, 5) is 4.41. The van der Waals surface area contributed by atoms with Crippen LogP contribution >= 0.6 is 0 Å². The number of nitrogens with zero attached hydrogens (tertiary/aromatic N) is 2. The third-order valence-corrected chi connectivity index (χ3v) is 3.77. The minimum Gasteiger partial charge on any atom is -0.458 e. The molecule has 0 aliphatic carbocycles. The van der Waals surface area contributed by atoms with Crippen molar-refractivity contribution in [2.24, 2.45) is 0 Å². The van der Waals surface area contributed by atoms with Crippen molar-refractivity contribution in [3.05, 3.63) is 84.7 Å². The Bertz CT molecular complexity index is 964. The van der Waals surface area contributed by atoms with Gasteiger partial charge in [-0.05, 0) is 42.4 Å². The molecule has 0 aliphatic rings. The number of hydrogen-bond donors (Lipinski definition) is 0. The molecule has 0 saturated heterocycles. The number of ether oxygens (including phenoxy) is 1. The van der Waals surface area contributed by atoms with E-state index in [-0.39, 0.29) is 32.7 Å². The van der Waals surface area contributed by atoms with Crippen molar-refractivity contribution in [3.8, 4) is 17.2 Å². The Morgan fingerprint density at radius 3 is 2.46 bits per heavy atom. The number of aromatic nitrogens is 2. The van der Waals surface area contributed by atoms with Gasteiger partial charge in [-0.2, -0.15) is 0 Å². The van der Waals surface area contributed by atoms with Gasteiger partial charge in [-0.25, -0.2) is 0 Å². The predicted molar refractivity (Wildman–Crippen MR) is 91.2 cm³/mol. The Labute approximate surface area is 166 Å². The van der Waals surface area contributed by atoms with Crippen molar-refractivity contribution in [2.45, 2.75) is 6.92 Å². The molecular formula is C20H15N2OY-. The Hall–Kier alpha value is -1.97. The average molecular weight is 388 g/mol. The fourth-order valence-electron chi connectivity index (χ4n) is 2.63. The van der Waals surface area contributed by atoms with E-state index in [1.54, 1.807) is 0 Å². The third kappa shape index (κ3) is 3.28. The molecule has 4 heteroatoms. The zero-order chi connectivity index (χ0) is 15.6. The first-order valence-corrected chi connectivity index (χ1v) is 7.50. The molecule has 3 aromatic carbocycles. The van der Waals surface area contributed by atoms with Crippen LogP contribution in [0.2, 0.25) is 0 Å². The fraction of sp³-hybridized carbons (Fsp3) is 0.0500. The average Bonchev–Trinajstić information content (AvgIpc) is 3.02. The summed E-state index contributed by atoms with van der Waals surface area (Å²) in [5.74, 6) is 1.61. The Morgan fingerprint density at radius 1 is 0.875 bits per heavy atom. The predicted octanol–water partition coefficient (Wildman–Crippen LogP) is 4.92. The number of aryl methyl sites for hydroxylation is 1. The first-order valence-electron chi connectivity index (χ1n) is 7.50. The van der Waals surface area contributed by atoms with Gasteiger partial charge in [-0.1, -0.05) is 59.6 Å². The molecule has 0 amide bonds. The number of rotatable bonds is 3. The quantitative estimate of drug-likeness (QED) is 0.466. The van der Waals surface area contributed by atoms with Gasteiger partial charge in [0.1, 0.15) is 11.5 Å². The Balaban J connectivity index is 0.00000169. The van der Waals surface area contributed by atoms with E-state index in [0.717, 1.165) is 33.8 Å².